The van der Waals surface area contributed by atoms with Gasteiger partial charge in [0.25, 0.3) is 0 Å². The van der Waals surface area contributed by atoms with Gasteiger partial charge in [0.1, 0.15) is 11.8 Å². The Morgan fingerprint density at radius 1 is 1.53 bits per heavy atom. The summed E-state index contributed by atoms with van der Waals surface area (Å²) in [6.45, 7) is 6.58. The average molecular weight is 256 g/mol. The summed E-state index contributed by atoms with van der Waals surface area (Å²) in [5, 5.41) is 12.6. The molecular weight excluding hydrogens is 236 g/mol. The van der Waals surface area contributed by atoms with Crippen LogP contribution in [-0.2, 0) is 6.54 Å². The lowest BCUT2D eigenvalue weighted by Crippen LogP contribution is -2.34. The largest absolute Gasteiger partial charge is 0.316 e. The maximum atomic E-state index is 9.14. The summed E-state index contributed by atoms with van der Waals surface area (Å²) in [7, 11) is 0. The summed E-state index contributed by atoms with van der Waals surface area (Å²) in [5.41, 5.74) is 1.64. The van der Waals surface area contributed by atoms with Crippen LogP contribution in [0.1, 0.15) is 24.6 Å². The minimum Gasteiger partial charge on any atom is -0.316 e. The minimum atomic E-state index is 0.576. The van der Waals surface area contributed by atoms with Crippen molar-refractivity contribution in [2.45, 2.75) is 25.9 Å². The normalized spacial score (nSPS) is 30.2. The highest BCUT2D eigenvalue weighted by Gasteiger charge is 2.42. The molecule has 0 saturated carbocycles. The first-order chi connectivity index (χ1) is 9.33. The van der Waals surface area contributed by atoms with Crippen molar-refractivity contribution in [2.75, 3.05) is 19.6 Å². The molecule has 3 atom stereocenters. The number of pyridine rings is 1. The lowest BCUT2D eigenvalue weighted by Gasteiger charge is -2.26. The Kier molecular flexibility index (Phi) is 3.50. The summed E-state index contributed by atoms with van der Waals surface area (Å²) >= 11 is 0. The van der Waals surface area contributed by atoms with Crippen molar-refractivity contribution in [1.82, 2.24) is 15.2 Å². The van der Waals surface area contributed by atoms with E-state index in [-0.39, 0.29) is 0 Å². The Morgan fingerprint density at radius 2 is 2.42 bits per heavy atom. The van der Waals surface area contributed by atoms with Crippen LogP contribution >= 0.6 is 0 Å². The van der Waals surface area contributed by atoms with Crippen molar-refractivity contribution < 1.29 is 0 Å². The lowest BCUT2D eigenvalue weighted by molar-refractivity contribution is 0.210. The van der Waals surface area contributed by atoms with Crippen LogP contribution in [0.25, 0.3) is 0 Å². The number of hydrogen-bond acceptors (Lipinski definition) is 4. The van der Waals surface area contributed by atoms with Crippen molar-refractivity contribution in [3.05, 3.63) is 29.6 Å². The van der Waals surface area contributed by atoms with Gasteiger partial charge in [-0.3, -0.25) is 4.90 Å². The van der Waals surface area contributed by atoms with Gasteiger partial charge in [-0.25, -0.2) is 4.98 Å². The first-order valence-electron chi connectivity index (χ1n) is 7.12. The number of hydrogen-bond donors (Lipinski definition) is 1. The maximum absolute atomic E-state index is 9.14. The zero-order valence-corrected chi connectivity index (χ0v) is 11.3. The second kappa shape index (κ2) is 5.28. The number of likely N-dealkylation sites (tertiary alicyclic amines) is 1. The van der Waals surface area contributed by atoms with Crippen LogP contribution in [0, 0.1) is 23.2 Å². The van der Waals surface area contributed by atoms with Gasteiger partial charge in [0.05, 0.1) is 0 Å². The Morgan fingerprint density at radius 3 is 3.21 bits per heavy atom. The van der Waals surface area contributed by atoms with Gasteiger partial charge in [0.2, 0.25) is 0 Å². The second-order valence-electron chi connectivity index (χ2n) is 5.61. The molecule has 0 bridgehead atoms. The molecule has 0 radical (unpaired) electrons. The topological polar surface area (TPSA) is 52.0 Å². The van der Waals surface area contributed by atoms with Crippen LogP contribution in [0.5, 0.6) is 0 Å². The highest BCUT2D eigenvalue weighted by molar-refractivity contribution is 5.30. The van der Waals surface area contributed by atoms with Crippen LogP contribution in [-0.4, -0.2) is 35.6 Å². The molecule has 0 amide bonds. The summed E-state index contributed by atoms with van der Waals surface area (Å²) in [6.07, 6.45) is 2.88. The monoisotopic (exact) mass is 256 g/mol. The van der Waals surface area contributed by atoms with Gasteiger partial charge >= 0.3 is 0 Å². The number of aromatic nitrogens is 1. The first kappa shape index (κ1) is 12.6. The average Bonchev–Trinajstić information content (AvgIpc) is 2.99. The SMILES string of the molecule is CCC1C2CNCC2CN1Cc1cccnc1C#N. The number of rotatable bonds is 3. The fraction of sp³-hybridized carbons (Fsp3) is 0.600. The molecule has 2 saturated heterocycles. The zero-order chi connectivity index (χ0) is 13.2. The molecule has 19 heavy (non-hydrogen) atoms. The van der Waals surface area contributed by atoms with Crippen molar-refractivity contribution in [2.24, 2.45) is 11.8 Å². The molecule has 2 aliphatic heterocycles. The van der Waals surface area contributed by atoms with Crippen LogP contribution in [0.2, 0.25) is 0 Å². The molecule has 0 aromatic carbocycles. The molecule has 1 aromatic rings. The number of nitrogens with zero attached hydrogens (tertiary/aromatic N) is 3. The smallest absolute Gasteiger partial charge is 0.144 e. The van der Waals surface area contributed by atoms with E-state index in [4.69, 9.17) is 5.26 Å². The Balaban J connectivity index is 1.78. The fourth-order valence-electron chi connectivity index (χ4n) is 3.74. The molecule has 1 N–H and O–H groups in total. The molecule has 4 heteroatoms. The van der Waals surface area contributed by atoms with Crippen LogP contribution in [0.3, 0.4) is 0 Å². The molecule has 3 rings (SSSR count). The van der Waals surface area contributed by atoms with E-state index in [1.54, 1.807) is 6.20 Å². The molecule has 2 aliphatic rings. The quantitative estimate of drug-likeness (QED) is 0.888. The van der Waals surface area contributed by atoms with E-state index in [9.17, 15) is 0 Å². The maximum Gasteiger partial charge on any atom is 0.144 e. The highest BCUT2D eigenvalue weighted by atomic mass is 15.2. The van der Waals surface area contributed by atoms with Crippen molar-refractivity contribution >= 4 is 0 Å². The van der Waals surface area contributed by atoms with E-state index in [1.165, 1.54) is 6.42 Å². The van der Waals surface area contributed by atoms with Gasteiger partial charge < -0.3 is 5.32 Å². The van der Waals surface area contributed by atoms with E-state index in [2.05, 4.69) is 28.2 Å². The predicted octanol–water partition coefficient (Wildman–Crippen LogP) is 1.38. The van der Waals surface area contributed by atoms with E-state index in [1.807, 2.05) is 12.1 Å². The molecule has 1 aromatic heterocycles. The molecule has 4 nitrogen and oxygen atoms in total. The Hall–Kier alpha value is -1.44. The summed E-state index contributed by atoms with van der Waals surface area (Å²) in [5.74, 6) is 1.57. The summed E-state index contributed by atoms with van der Waals surface area (Å²) in [6, 6.07) is 6.81. The van der Waals surface area contributed by atoms with Crippen molar-refractivity contribution in [3.63, 3.8) is 0 Å². The summed E-state index contributed by atoms with van der Waals surface area (Å²) < 4.78 is 0. The van der Waals surface area contributed by atoms with Gasteiger partial charge in [-0.1, -0.05) is 13.0 Å². The van der Waals surface area contributed by atoms with Gasteiger partial charge in [-0.2, -0.15) is 5.26 Å². The first-order valence-corrected chi connectivity index (χ1v) is 7.12. The highest BCUT2D eigenvalue weighted by Crippen LogP contribution is 2.35. The minimum absolute atomic E-state index is 0.576. The van der Waals surface area contributed by atoms with Crippen LogP contribution < -0.4 is 5.32 Å². The Bertz CT molecular complexity index is 493. The van der Waals surface area contributed by atoms with E-state index < -0.39 is 0 Å². The second-order valence-corrected chi connectivity index (χ2v) is 5.61. The predicted molar refractivity (Wildman–Crippen MR) is 73.3 cm³/mol. The Labute approximate surface area is 114 Å². The van der Waals surface area contributed by atoms with Gasteiger partial charge in [0, 0.05) is 30.9 Å². The standard InChI is InChI=1S/C15H20N4/c1-2-15-13-8-17-7-12(13)10-19(15)9-11-4-3-5-18-14(11)6-16/h3-5,12-13,15,17H,2,7-10H2,1H3. The third-order valence-corrected chi connectivity index (χ3v) is 4.61. The van der Waals surface area contributed by atoms with Crippen molar-refractivity contribution in [3.8, 4) is 6.07 Å². The van der Waals surface area contributed by atoms with Crippen LogP contribution in [0.4, 0.5) is 0 Å². The summed E-state index contributed by atoms with van der Waals surface area (Å²) in [4.78, 5) is 6.71. The van der Waals surface area contributed by atoms with Crippen molar-refractivity contribution in [1.29, 1.82) is 5.26 Å². The zero-order valence-electron chi connectivity index (χ0n) is 11.3. The lowest BCUT2D eigenvalue weighted by atomic mass is 9.93. The van der Waals surface area contributed by atoms with Gasteiger partial charge in [-0.15, -0.1) is 0 Å². The number of fused-ring (bicyclic) bond motifs is 1. The van der Waals surface area contributed by atoms with E-state index in [0.29, 0.717) is 11.7 Å². The third kappa shape index (κ3) is 2.24. The fourth-order valence-corrected chi connectivity index (χ4v) is 3.74. The number of nitrogens with one attached hydrogen (secondary N) is 1. The molecule has 3 unspecified atom stereocenters. The van der Waals surface area contributed by atoms with E-state index >= 15 is 0 Å². The molecular formula is C15H20N4. The van der Waals surface area contributed by atoms with Crippen LogP contribution in [0.15, 0.2) is 18.3 Å². The molecule has 100 valence electrons. The van der Waals surface area contributed by atoms with Gasteiger partial charge in [0.15, 0.2) is 0 Å². The molecule has 0 aliphatic carbocycles. The molecule has 3 heterocycles. The van der Waals surface area contributed by atoms with Gasteiger partial charge in [-0.05, 0) is 37.4 Å². The van der Waals surface area contributed by atoms with E-state index in [0.717, 1.165) is 43.6 Å². The molecule has 2 fully saturated rings. The third-order valence-electron chi connectivity index (χ3n) is 4.61. The molecule has 0 spiro atoms. The number of nitriles is 1.